The smallest absolute Gasteiger partial charge is 0.344 e. The number of nitrogens with one attached hydrogen (secondary N) is 1. The highest BCUT2D eigenvalue weighted by Crippen LogP contribution is 2.22. The standard InChI is InChI=1S/C17H20N2O5S2/c1-11-4-3-5-12(2)16(11)24-9-15(22)23-8-13(20)18-6-7-19-14(21)10-26-17(19)25/h3-5H,6-10H2,1-2H3,(H,18,20). The number of hydrogen-bond acceptors (Lipinski definition) is 7. The van der Waals surface area contributed by atoms with E-state index in [1.54, 1.807) is 0 Å². The van der Waals surface area contributed by atoms with E-state index in [0.29, 0.717) is 22.4 Å². The van der Waals surface area contributed by atoms with Crippen molar-refractivity contribution in [3.8, 4) is 5.75 Å². The summed E-state index contributed by atoms with van der Waals surface area (Å²) in [6.45, 7) is 3.64. The van der Waals surface area contributed by atoms with Gasteiger partial charge in [0, 0.05) is 13.1 Å². The molecule has 140 valence electrons. The van der Waals surface area contributed by atoms with E-state index in [9.17, 15) is 14.4 Å². The monoisotopic (exact) mass is 396 g/mol. The molecule has 1 fully saturated rings. The number of benzene rings is 1. The molecule has 0 spiro atoms. The van der Waals surface area contributed by atoms with Crippen LogP contribution in [-0.4, -0.2) is 59.1 Å². The Morgan fingerprint density at radius 1 is 1.27 bits per heavy atom. The molecule has 0 unspecified atom stereocenters. The van der Waals surface area contributed by atoms with Gasteiger partial charge in [0.15, 0.2) is 13.2 Å². The highest BCUT2D eigenvalue weighted by atomic mass is 32.2. The Balaban J connectivity index is 1.65. The van der Waals surface area contributed by atoms with Gasteiger partial charge in [-0.2, -0.15) is 0 Å². The fourth-order valence-electron chi connectivity index (χ4n) is 2.30. The summed E-state index contributed by atoms with van der Waals surface area (Å²) in [5.41, 5.74) is 1.84. The Labute approximate surface area is 161 Å². The van der Waals surface area contributed by atoms with Crippen molar-refractivity contribution in [2.24, 2.45) is 0 Å². The van der Waals surface area contributed by atoms with Gasteiger partial charge < -0.3 is 14.8 Å². The van der Waals surface area contributed by atoms with E-state index in [-0.39, 0.29) is 19.1 Å². The minimum absolute atomic E-state index is 0.0654. The van der Waals surface area contributed by atoms with Gasteiger partial charge in [0.25, 0.3) is 5.91 Å². The molecule has 1 saturated heterocycles. The van der Waals surface area contributed by atoms with Crippen molar-refractivity contribution >= 4 is 46.1 Å². The lowest BCUT2D eigenvalue weighted by Gasteiger charge is -2.15. The third-order valence-corrected chi connectivity index (χ3v) is 5.04. The summed E-state index contributed by atoms with van der Waals surface area (Å²) in [5, 5.41) is 2.58. The first-order valence-corrected chi connectivity index (χ1v) is 9.36. The van der Waals surface area contributed by atoms with E-state index in [4.69, 9.17) is 21.7 Å². The number of esters is 1. The predicted molar refractivity (Wildman–Crippen MR) is 102 cm³/mol. The number of carbonyl (C=O) groups excluding carboxylic acids is 3. The maximum atomic E-state index is 11.7. The van der Waals surface area contributed by atoms with Gasteiger partial charge in [-0.15, -0.1) is 0 Å². The highest BCUT2D eigenvalue weighted by molar-refractivity contribution is 8.23. The molecule has 9 heteroatoms. The molecule has 1 aromatic carbocycles. The van der Waals surface area contributed by atoms with Gasteiger partial charge in [0.2, 0.25) is 5.91 Å². The maximum Gasteiger partial charge on any atom is 0.344 e. The van der Waals surface area contributed by atoms with Crippen LogP contribution in [0.1, 0.15) is 11.1 Å². The molecular weight excluding hydrogens is 376 g/mol. The average Bonchev–Trinajstić information content (AvgIpc) is 2.91. The zero-order valence-electron chi connectivity index (χ0n) is 14.6. The van der Waals surface area contributed by atoms with E-state index in [2.05, 4.69) is 5.32 Å². The molecule has 0 aromatic heterocycles. The first kappa shape index (κ1) is 20.2. The summed E-state index contributed by atoms with van der Waals surface area (Å²) in [6.07, 6.45) is 0. The average molecular weight is 396 g/mol. The Bertz CT molecular complexity index is 687. The summed E-state index contributed by atoms with van der Waals surface area (Å²) >= 11 is 6.35. The van der Waals surface area contributed by atoms with Crippen molar-refractivity contribution in [1.82, 2.24) is 10.2 Å². The molecule has 2 amide bonds. The van der Waals surface area contributed by atoms with Crippen molar-refractivity contribution in [2.75, 3.05) is 32.1 Å². The van der Waals surface area contributed by atoms with Crippen molar-refractivity contribution in [2.45, 2.75) is 13.8 Å². The largest absolute Gasteiger partial charge is 0.481 e. The Kier molecular flexibility index (Phi) is 7.40. The lowest BCUT2D eigenvalue weighted by atomic mass is 10.1. The van der Waals surface area contributed by atoms with Gasteiger partial charge in [0.05, 0.1) is 5.75 Å². The highest BCUT2D eigenvalue weighted by Gasteiger charge is 2.25. The number of ether oxygens (including phenoxy) is 2. The Morgan fingerprint density at radius 2 is 1.96 bits per heavy atom. The first-order chi connectivity index (χ1) is 12.4. The molecule has 1 aliphatic heterocycles. The second-order valence-electron chi connectivity index (χ2n) is 5.62. The number of para-hydroxylation sites is 1. The van der Waals surface area contributed by atoms with E-state index in [0.717, 1.165) is 11.1 Å². The minimum atomic E-state index is -0.630. The number of nitrogens with zero attached hydrogens (tertiary/aromatic N) is 1. The molecule has 1 aliphatic rings. The van der Waals surface area contributed by atoms with E-state index in [1.807, 2.05) is 32.0 Å². The third kappa shape index (κ3) is 5.70. The van der Waals surface area contributed by atoms with E-state index < -0.39 is 18.5 Å². The molecule has 1 heterocycles. The summed E-state index contributed by atoms with van der Waals surface area (Å²) in [7, 11) is 0. The fraction of sp³-hybridized carbons (Fsp3) is 0.412. The number of thioether (sulfide) groups is 1. The molecule has 0 bridgehead atoms. The van der Waals surface area contributed by atoms with Crippen LogP contribution in [0.4, 0.5) is 0 Å². The quantitative estimate of drug-likeness (QED) is 0.522. The number of thiocarbonyl (C=S) groups is 1. The molecule has 0 radical (unpaired) electrons. The second-order valence-corrected chi connectivity index (χ2v) is 7.23. The van der Waals surface area contributed by atoms with Crippen LogP contribution in [-0.2, 0) is 19.1 Å². The summed E-state index contributed by atoms with van der Waals surface area (Å²) < 4.78 is 10.9. The fourth-order valence-corrected chi connectivity index (χ4v) is 3.42. The molecule has 2 rings (SSSR count). The normalized spacial score (nSPS) is 13.7. The number of carbonyl (C=O) groups is 3. The second kappa shape index (κ2) is 9.54. The summed E-state index contributed by atoms with van der Waals surface area (Å²) in [6, 6.07) is 5.67. The summed E-state index contributed by atoms with van der Waals surface area (Å²) in [5.74, 6) is -0.168. The van der Waals surface area contributed by atoms with Crippen molar-refractivity contribution in [1.29, 1.82) is 0 Å². The molecule has 7 nitrogen and oxygen atoms in total. The van der Waals surface area contributed by atoms with Gasteiger partial charge in [-0.05, 0) is 25.0 Å². The van der Waals surface area contributed by atoms with Crippen LogP contribution in [0.2, 0.25) is 0 Å². The molecule has 1 aromatic rings. The van der Waals surface area contributed by atoms with E-state index >= 15 is 0 Å². The number of amides is 2. The third-order valence-electron chi connectivity index (χ3n) is 3.61. The maximum absolute atomic E-state index is 11.7. The zero-order valence-corrected chi connectivity index (χ0v) is 16.2. The van der Waals surface area contributed by atoms with Gasteiger partial charge in [-0.25, -0.2) is 4.79 Å². The number of hydrogen-bond donors (Lipinski definition) is 1. The van der Waals surface area contributed by atoms with Gasteiger partial charge in [-0.1, -0.05) is 42.2 Å². The first-order valence-electron chi connectivity index (χ1n) is 7.97. The van der Waals surface area contributed by atoms with Crippen molar-refractivity contribution < 1.29 is 23.9 Å². The lowest BCUT2D eigenvalue weighted by molar-refractivity contribution is -0.150. The molecule has 26 heavy (non-hydrogen) atoms. The topological polar surface area (TPSA) is 84.9 Å². The van der Waals surface area contributed by atoms with Gasteiger partial charge in [-0.3, -0.25) is 14.5 Å². The van der Waals surface area contributed by atoms with Crippen molar-refractivity contribution in [3.63, 3.8) is 0 Å². The summed E-state index contributed by atoms with van der Waals surface area (Å²) in [4.78, 5) is 36.4. The molecule has 0 aliphatic carbocycles. The van der Waals surface area contributed by atoms with Gasteiger partial charge in [0.1, 0.15) is 10.1 Å². The molecular formula is C17H20N2O5S2. The number of aryl methyl sites for hydroxylation is 2. The lowest BCUT2D eigenvalue weighted by Crippen LogP contribution is -2.39. The van der Waals surface area contributed by atoms with Crippen LogP contribution in [0.15, 0.2) is 18.2 Å². The Morgan fingerprint density at radius 3 is 2.58 bits per heavy atom. The SMILES string of the molecule is Cc1cccc(C)c1OCC(=O)OCC(=O)NCCN1C(=O)CSC1=S. The Hall–Kier alpha value is -2.13. The molecule has 0 saturated carbocycles. The van der Waals surface area contributed by atoms with E-state index in [1.165, 1.54) is 16.7 Å². The van der Waals surface area contributed by atoms with Crippen LogP contribution in [0.5, 0.6) is 5.75 Å². The number of rotatable bonds is 8. The zero-order chi connectivity index (χ0) is 19.1. The minimum Gasteiger partial charge on any atom is -0.481 e. The van der Waals surface area contributed by atoms with Crippen LogP contribution in [0.25, 0.3) is 0 Å². The van der Waals surface area contributed by atoms with Crippen LogP contribution < -0.4 is 10.1 Å². The van der Waals surface area contributed by atoms with Crippen LogP contribution in [0, 0.1) is 13.8 Å². The van der Waals surface area contributed by atoms with Crippen LogP contribution >= 0.6 is 24.0 Å². The van der Waals surface area contributed by atoms with Crippen LogP contribution in [0.3, 0.4) is 0 Å². The molecule has 0 atom stereocenters. The predicted octanol–water partition coefficient (Wildman–Crippen LogP) is 1.20. The van der Waals surface area contributed by atoms with Gasteiger partial charge >= 0.3 is 5.97 Å². The molecule has 1 N–H and O–H groups in total. The van der Waals surface area contributed by atoms with Crippen molar-refractivity contribution in [3.05, 3.63) is 29.3 Å².